The predicted molar refractivity (Wildman–Crippen MR) is 48.8 cm³/mol. The lowest BCUT2D eigenvalue weighted by Gasteiger charge is -2.22. The maximum atomic E-state index is 11.1. The first-order chi connectivity index (χ1) is 5.81. The molecule has 0 radical (unpaired) electrons. The molecule has 2 unspecified atom stereocenters. The molecule has 2 rings (SSSR count). The Labute approximate surface area is 73.8 Å². The fourth-order valence-corrected chi connectivity index (χ4v) is 2.34. The van der Waals surface area contributed by atoms with Gasteiger partial charge in [-0.05, 0) is 30.3 Å². The van der Waals surface area contributed by atoms with E-state index < -0.39 is 0 Å². The summed E-state index contributed by atoms with van der Waals surface area (Å²) in [4.78, 5) is 11.1. The van der Waals surface area contributed by atoms with Gasteiger partial charge in [0.05, 0.1) is 0 Å². The fourth-order valence-electron chi connectivity index (χ4n) is 2.34. The Hall–Kier alpha value is -0.590. The molecule has 0 spiro atoms. The van der Waals surface area contributed by atoms with E-state index in [1.807, 2.05) is 0 Å². The van der Waals surface area contributed by atoms with Crippen LogP contribution >= 0.6 is 0 Å². The van der Waals surface area contributed by atoms with Gasteiger partial charge in [-0.2, -0.15) is 0 Å². The average Bonchev–Trinajstić information content (AvgIpc) is 2.39. The van der Waals surface area contributed by atoms with Crippen molar-refractivity contribution in [1.29, 1.82) is 0 Å². The van der Waals surface area contributed by atoms with Gasteiger partial charge in [-0.3, -0.25) is 4.79 Å². The number of carbonyl (C=O) groups excluding carboxylic acids is 1. The molecule has 2 aliphatic carbocycles. The number of allylic oxidation sites excluding steroid dienone is 2. The number of hydrogen-bond acceptors (Lipinski definition) is 1. The summed E-state index contributed by atoms with van der Waals surface area (Å²) in [7, 11) is 0. The number of Topliss-reactive ketones (excluding diaryl/α,β-unsaturated/α-hetero) is 1. The van der Waals surface area contributed by atoms with E-state index in [9.17, 15) is 4.79 Å². The molecule has 0 amide bonds. The van der Waals surface area contributed by atoms with Crippen LogP contribution in [0, 0.1) is 11.8 Å². The van der Waals surface area contributed by atoms with Gasteiger partial charge in [-0.1, -0.05) is 25.8 Å². The number of fused-ring (bicyclic) bond motifs is 1. The Morgan fingerprint density at radius 1 is 1.58 bits per heavy atom. The van der Waals surface area contributed by atoms with Crippen LogP contribution in [0.1, 0.15) is 39.0 Å². The molecule has 12 heavy (non-hydrogen) atoms. The second kappa shape index (κ2) is 3.04. The second-order valence-corrected chi connectivity index (χ2v) is 4.08. The van der Waals surface area contributed by atoms with Gasteiger partial charge in [0, 0.05) is 6.42 Å². The van der Waals surface area contributed by atoms with Crippen LogP contribution in [0.5, 0.6) is 0 Å². The van der Waals surface area contributed by atoms with Crippen LogP contribution in [-0.4, -0.2) is 5.78 Å². The monoisotopic (exact) mass is 164 g/mol. The quantitative estimate of drug-likeness (QED) is 0.626. The standard InChI is InChI=1S/C11H16O/c1-2-3-4-8-5-9-7-11(12)10(9)6-8/h6,8-9H,2-5,7H2,1H3. The van der Waals surface area contributed by atoms with Crippen LogP contribution in [0.4, 0.5) is 0 Å². The zero-order valence-corrected chi connectivity index (χ0v) is 7.68. The predicted octanol–water partition coefficient (Wildman–Crippen LogP) is 2.71. The molecule has 0 aromatic rings. The van der Waals surface area contributed by atoms with Gasteiger partial charge < -0.3 is 0 Å². The largest absolute Gasteiger partial charge is 0.295 e. The summed E-state index contributed by atoms with van der Waals surface area (Å²) in [6, 6.07) is 0. The Morgan fingerprint density at radius 3 is 3.00 bits per heavy atom. The highest BCUT2D eigenvalue weighted by molar-refractivity contribution is 6.03. The lowest BCUT2D eigenvalue weighted by Crippen LogP contribution is -2.24. The van der Waals surface area contributed by atoms with E-state index in [1.54, 1.807) is 0 Å². The fraction of sp³-hybridized carbons (Fsp3) is 0.727. The molecule has 1 heteroatoms. The molecule has 0 aliphatic heterocycles. The highest BCUT2D eigenvalue weighted by atomic mass is 16.1. The summed E-state index contributed by atoms with van der Waals surface area (Å²) < 4.78 is 0. The molecule has 0 heterocycles. The highest BCUT2D eigenvalue weighted by Gasteiger charge is 2.39. The van der Waals surface area contributed by atoms with E-state index in [-0.39, 0.29) is 0 Å². The third kappa shape index (κ3) is 1.21. The van der Waals surface area contributed by atoms with Crippen molar-refractivity contribution in [3.05, 3.63) is 11.6 Å². The van der Waals surface area contributed by atoms with Crippen molar-refractivity contribution in [1.82, 2.24) is 0 Å². The van der Waals surface area contributed by atoms with Crippen LogP contribution in [0.3, 0.4) is 0 Å². The van der Waals surface area contributed by atoms with E-state index in [0.717, 1.165) is 17.9 Å². The van der Waals surface area contributed by atoms with Crippen molar-refractivity contribution in [3.63, 3.8) is 0 Å². The van der Waals surface area contributed by atoms with Crippen molar-refractivity contribution in [3.8, 4) is 0 Å². The van der Waals surface area contributed by atoms with E-state index in [0.29, 0.717) is 11.7 Å². The van der Waals surface area contributed by atoms with E-state index in [1.165, 1.54) is 25.7 Å². The van der Waals surface area contributed by atoms with Crippen molar-refractivity contribution in [2.24, 2.45) is 11.8 Å². The summed E-state index contributed by atoms with van der Waals surface area (Å²) in [5, 5.41) is 0. The maximum absolute atomic E-state index is 11.1. The molecule has 0 aromatic heterocycles. The number of rotatable bonds is 3. The summed E-state index contributed by atoms with van der Waals surface area (Å²) in [6.07, 6.45) is 8.24. The molecule has 1 saturated carbocycles. The summed E-state index contributed by atoms with van der Waals surface area (Å²) in [5.41, 5.74) is 1.16. The van der Waals surface area contributed by atoms with Gasteiger partial charge in [0.2, 0.25) is 0 Å². The van der Waals surface area contributed by atoms with Gasteiger partial charge >= 0.3 is 0 Å². The molecule has 0 bridgehead atoms. The Bertz CT molecular complexity index is 227. The molecule has 1 nitrogen and oxygen atoms in total. The Kier molecular flexibility index (Phi) is 2.03. The molecule has 1 fully saturated rings. The molecule has 0 aromatic carbocycles. The van der Waals surface area contributed by atoms with Crippen LogP contribution in [0.15, 0.2) is 11.6 Å². The SMILES string of the molecule is CCCCC1C=C2C(=O)CC2C1. The van der Waals surface area contributed by atoms with Crippen molar-refractivity contribution in [2.45, 2.75) is 39.0 Å². The normalized spacial score (nSPS) is 32.8. The van der Waals surface area contributed by atoms with Crippen LogP contribution < -0.4 is 0 Å². The zero-order chi connectivity index (χ0) is 8.55. The van der Waals surface area contributed by atoms with Gasteiger partial charge in [0.15, 0.2) is 5.78 Å². The Morgan fingerprint density at radius 2 is 2.42 bits per heavy atom. The summed E-state index contributed by atoms with van der Waals surface area (Å²) in [5.74, 6) is 1.81. The maximum Gasteiger partial charge on any atom is 0.159 e. The van der Waals surface area contributed by atoms with Crippen molar-refractivity contribution < 1.29 is 4.79 Å². The number of unbranched alkanes of at least 4 members (excludes halogenated alkanes) is 1. The molecule has 0 N–H and O–H groups in total. The van der Waals surface area contributed by atoms with E-state index in [4.69, 9.17) is 0 Å². The zero-order valence-electron chi connectivity index (χ0n) is 7.68. The van der Waals surface area contributed by atoms with Crippen LogP contribution in [0.2, 0.25) is 0 Å². The van der Waals surface area contributed by atoms with Gasteiger partial charge in [-0.25, -0.2) is 0 Å². The van der Waals surface area contributed by atoms with Crippen molar-refractivity contribution >= 4 is 5.78 Å². The Balaban J connectivity index is 1.89. The van der Waals surface area contributed by atoms with Gasteiger partial charge in [-0.15, -0.1) is 0 Å². The minimum atomic E-state index is 0.416. The first-order valence-corrected chi connectivity index (χ1v) is 5.06. The minimum Gasteiger partial charge on any atom is -0.295 e. The second-order valence-electron chi connectivity index (χ2n) is 4.08. The number of ketones is 1. The lowest BCUT2D eigenvalue weighted by molar-refractivity contribution is -0.120. The molecule has 2 aliphatic rings. The van der Waals surface area contributed by atoms with E-state index in [2.05, 4.69) is 13.0 Å². The lowest BCUT2D eigenvalue weighted by atomic mass is 9.80. The summed E-state index contributed by atoms with van der Waals surface area (Å²) in [6.45, 7) is 2.22. The smallest absolute Gasteiger partial charge is 0.159 e. The first-order valence-electron chi connectivity index (χ1n) is 5.06. The highest BCUT2D eigenvalue weighted by Crippen LogP contribution is 2.43. The number of hydrogen-bond donors (Lipinski definition) is 0. The molecule has 0 saturated heterocycles. The van der Waals surface area contributed by atoms with E-state index >= 15 is 0 Å². The molecular weight excluding hydrogens is 148 g/mol. The van der Waals surface area contributed by atoms with Gasteiger partial charge in [0.25, 0.3) is 0 Å². The topological polar surface area (TPSA) is 17.1 Å². The van der Waals surface area contributed by atoms with Crippen LogP contribution in [0.25, 0.3) is 0 Å². The third-order valence-corrected chi connectivity index (χ3v) is 3.12. The molecule has 66 valence electrons. The number of carbonyl (C=O) groups is 1. The average molecular weight is 164 g/mol. The first kappa shape index (κ1) is 8.03. The third-order valence-electron chi connectivity index (χ3n) is 3.12. The minimum absolute atomic E-state index is 0.416. The van der Waals surface area contributed by atoms with Gasteiger partial charge in [0.1, 0.15) is 0 Å². The summed E-state index contributed by atoms with van der Waals surface area (Å²) >= 11 is 0. The van der Waals surface area contributed by atoms with Crippen molar-refractivity contribution in [2.75, 3.05) is 0 Å². The molecule has 2 atom stereocenters. The molecular formula is C11H16O. The van der Waals surface area contributed by atoms with Crippen LogP contribution in [-0.2, 0) is 4.79 Å².